The van der Waals surface area contributed by atoms with Crippen LogP contribution in [-0.2, 0) is 4.74 Å². The number of hydrogen-bond donors (Lipinski definition) is 0. The molecule has 1 nitrogen and oxygen atoms in total. The van der Waals surface area contributed by atoms with Gasteiger partial charge < -0.3 is 4.74 Å². The average molecular weight is 113 g/mol. The van der Waals surface area contributed by atoms with Gasteiger partial charge in [-0.05, 0) is 18.8 Å². The lowest BCUT2D eigenvalue weighted by Crippen LogP contribution is -2.10. The Morgan fingerprint density at radius 3 is 3.00 bits per heavy atom. The molecular weight excluding hydrogens is 100 g/mol. The van der Waals surface area contributed by atoms with Crippen LogP contribution in [0.3, 0.4) is 0 Å². The van der Waals surface area contributed by atoms with Crippen LogP contribution in [0.1, 0.15) is 26.2 Å². The van der Waals surface area contributed by atoms with Gasteiger partial charge in [-0.1, -0.05) is 13.3 Å². The summed E-state index contributed by atoms with van der Waals surface area (Å²) < 4.78 is 5.08. The van der Waals surface area contributed by atoms with Gasteiger partial charge in [0.05, 0.1) is 6.61 Å². The van der Waals surface area contributed by atoms with E-state index in [1.54, 1.807) is 0 Å². The SMILES string of the molecule is CCC1C[CH]OCC1. The van der Waals surface area contributed by atoms with Gasteiger partial charge in [0.25, 0.3) is 0 Å². The predicted octanol–water partition coefficient (Wildman–Crippen LogP) is 1.98. The molecule has 1 radical (unpaired) electrons. The van der Waals surface area contributed by atoms with E-state index in [1.807, 2.05) is 6.61 Å². The molecule has 1 saturated heterocycles. The summed E-state index contributed by atoms with van der Waals surface area (Å²) >= 11 is 0. The Labute approximate surface area is 51.0 Å². The molecule has 1 fully saturated rings. The average Bonchev–Trinajstić information content (AvgIpc) is 1.90. The molecule has 1 aliphatic heterocycles. The molecule has 0 aromatic heterocycles. The van der Waals surface area contributed by atoms with E-state index < -0.39 is 0 Å². The Hall–Kier alpha value is -0.0400. The Morgan fingerprint density at radius 1 is 1.75 bits per heavy atom. The molecule has 0 aromatic carbocycles. The van der Waals surface area contributed by atoms with Crippen LogP contribution in [0, 0.1) is 12.5 Å². The van der Waals surface area contributed by atoms with E-state index in [0.717, 1.165) is 18.9 Å². The maximum absolute atomic E-state index is 5.08. The Kier molecular flexibility index (Phi) is 2.34. The smallest absolute Gasteiger partial charge is 0.0839 e. The highest BCUT2D eigenvalue weighted by Gasteiger charge is 2.10. The molecule has 0 aromatic rings. The fraction of sp³-hybridized carbons (Fsp3) is 0.857. The first-order valence-electron chi connectivity index (χ1n) is 3.36. The summed E-state index contributed by atoms with van der Waals surface area (Å²) in [6.07, 6.45) is 3.73. The van der Waals surface area contributed by atoms with E-state index in [2.05, 4.69) is 6.92 Å². The topological polar surface area (TPSA) is 9.23 Å². The van der Waals surface area contributed by atoms with E-state index in [-0.39, 0.29) is 0 Å². The summed E-state index contributed by atoms with van der Waals surface area (Å²) in [5.74, 6) is 0.906. The zero-order valence-corrected chi connectivity index (χ0v) is 5.39. The van der Waals surface area contributed by atoms with Crippen molar-refractivity contribution in [2.75, 3.05) is 6.61 Å². The minimum Gasteiger partial charge on any atom is -0.376 e. The number of rotatable bonds is 1. The normalized spacial score (nSPS) is 23.6. The molecule has 1 rings (SSSR count). The molecule has 0 aliphatic carbocycles. The predicted molar refractivity (Wildman–Crippen MR) is 33.3 cm³/mol. The van der Waals surface area contributed by atoms with E-state index >= 15 is 0 Å². The van der Waals surface area contributed by atoms with Crippen molar-refractivity contribution < 1.29 is 4.74 Å². The van der Waals surface area contributed by atoms with Crippen LogP contribution in [0.5, 0.6) is 0 Å². The maximum Gasteiger partial charge on any atom is 0.0839 e. The molecule has 0 bridgehead atoms. The van der Waals surface area contributed by atoms with E-state index in [4.69, 9.17) is 4.74 Å². The molecule has 1 atom stereocenters. The molecule has 1 heterocycles. The third kappa shape index (κ3) is 1.48. The van der Waals surface area contributed by atoms with Gasteiger partial charge in [0.15, 0.2) is 0 Å². The van der Waals surface area contributed by atoms with Crippen molar-refractivity contribution >= 4 is 0 Å². The standard InChI is InChI=1S/C7H13O/c1-2-7-3-5-8-6-4-7/h5,7H,2-4,6H2,1H3. The third-order valence-corrected chi connectivity index (χ3v) is 1.77. The van der Waals surface area contributed by atoms with Crippen molar-refractivity contribution in [1.82, 2.24) is 0 Å². The second kappa shape index (κ2) is 3.08. The van der Waals surface area contributed by atoms with Crippen LogP contribution in [0.4, 0.5) is 0 Å². The second-order valence-electron chi connectivity index (χ2n) is 2.34. The fourth-order valence-electron chi connectivity index (χ4n) is 1.01. The van der Waals surface area contributed by atoms with Crippen LogP contribution in [0.2, 0.25) is 0 Å². The van der Waals surface area contributed by atoms with Crippen molar-refractivity contribution in [3.05, 3.63) is 6.61 Å². The zero-order valence-electron chi connectivity index (χ0n) is 5.39. The lowest BCUT2D eigenvalue weighted by molar-refractivity contribution is 0.120. The van der Waals surface area contributed by atoms with Crippen LogP contribution >= 0.6 is 0 Å². The monoisotopic (exact) mass is 113 g/mol. The summed E-state index contributed by atoms with van der Waals surface area (Å²) in [6.45, 7) is 5.12. The van der Waals surface area contributed by atoms with Gasteiger partial charge in [0, 0.05) is 6.61 Å². The Balaban J connectivity index is 2.13. The highest BCUT2D eigenvalue weighted by molar-refractivity contribution is 4.67. The molecule has 1 aliphatic rings. The van der Waals surface area contributed by atoms with Crippen LogP contribution in [0.15, 0.2) is 0 Å². The first-order valence-corrected chi connectivity index (χ1v) is 3.36. The summed E-state index contributed by atoms with van der Waals surface area (Å²) in [5.41, 5.74) is 0. The van der Waals surface area contributed by atoms with Crippen molar-refractivity contribution in [2.24, 2.45) is 5.92 Å². The van der Waals surface area contributed by atoms with Crippen LogP contribution in [-0.4, -0.2) is 6.61 Å². The second-order valence-corrected chi connectivity index (χ2v) is 2.34. The van der Waals surface area contributed by atoms with Crippen molar-refractivity contribution in [1.29, 1.82) is 0 Å². The van der Waals surface area contributed by atoms with Crippen molar-refractivity contribution in [3.8, 4) is 0 Å². The summed E-state index contributed by atoms with van der Waals surface area (Å²) in [7, 11) is 0. The molecular formula is C7H13O. The number of ether oxygens (including phenoxy) is 1. The van der Waals surface area contributed by atoms with Gasteiger partial charge in [-0.15, -0.1) is 0 Å². The van der Waals surface area contributed by atoms with Crippen LogP contribution < -0.4 is 0 Å². The minimum atomic E-state index is 0.906. The van der Waals surface area contributed by atoms with Gasteiger partial charge in [0.2, 0.25) is 0 Å². The Bertz CT molecular complexity index is 55.4. The number of hydrogen-bond acceptors (Lipinski definition) is 1. The van der Waals surface area contributed by atoms with Gasteiger partial charge in [-0.25, -0.2) is 0 Å². The third-order valence-electron chi connectivity index (χ3n) is 1.77. The molecule has 8 heavy (non-hydrogen) atoms. The first kappa shape index (κ1) is 6.09. The highest BCUT2D eigenvalue weighted by Crippen LogP contribution is 2.19. The van der Waals surface area contributed by atoms with Gasteiger partial charge in [0.1, 0.15) is 0 Å². The molecule has 0 saturated carbocycles. The van der Waals surface area contributed by atoms with Crippen molar-refractivity contribution in [2.45, 2.75) is 26.2 Å². The molecule has 0 N–H and O–H groups in total. The van der Waals surface area contributed by atoms with Crippen molar-refractivity contribution in [3.63, 3.8) is 0 Å². The largest absolute Gasteiger partial charge is 0.376 e. The lowest BCUT2D eigenvalue weighted by Gasteiger charge is -2.19. The minimum absolute atomic E-state index is 0.906. The van der Waals surface area contributed by atoms with Crippen LogP contribution in [0.25, 0.3) is 0 Å². The van der Waals surface area contributed by atoms with E-state index in [9.17, 15) is 0 Å². The van der Waals surface area contributed by atoms with Gasteiger partial charge in [-0.3, -0.25) is 0 Å². The summed E-state index contributed by atoms with van der Waals surface area (Å²) in [4.78, 5) is 0. The highest BCUT2D eigenvalue weighted by atomic mass is 16.5. The summed E-state index contributed by atoms with van der Waals surface area (Å²) in [6, 6.07) is 0. The zero-order chi connectivity index (χ0) is 5.82. The molecule has 1 heteroatoms. The maximum atomic E-state index is 5.08. The molecule has 0 spiro atoms. The van der Waals surface area contributed by atoms with E-state index in [0.29, 0.717) is 0 Å². The molecule has 1 unspecified atom stereocenters. The first-order chi connectivity index (χ1) is 3.93. The lowest BCUT2D eigenvalue weighted by atomic mass is 9.98. The Morgan fingerprint density at radius 2 is 2.62 bits per heavy atom. The van der Waals surface area contributed by atoms with E-state index in [1.165, 1.54) is 12.8 Å². The molecule has 0 amide bonds. The fourth-order valence-corrected chi connectivity index (χ4v) is 1.01. The van der Waals surface area contributed by atoms with Gasteiger partial charge >= 0.3 is 0 Å². The van der Waals surface area contributed by atoms with Gasteiger partial charge in [-0.2, -0.15) is 0 Å². The summed E-state index contributed by atoms with van der Waals surface area (Å²) in [5, 5.41) is 0. The molecule has 47 valence electrons. The quantitative estimate of drug-likeness (QED) is 0.505.